The predicted molar refractivity (Wildman–Crippen MR) is 73.1 cm³/mol. The Bertz CT molecular complexity index is 375. The largest absolute Gasteiger partial charge is 0.495 e. The number of nitrogens with one attached hydrogen (secondary N) is 1. The second kappa shape index (κ2) is 6.07. The van der Waals surface area contributed by atoms with E-state index in [1.165, 1.54) is 18.8 Å². The Kier molecular flexibility index (Phi) is 4.44. The standard InChI is InChI=1S/C14H23N3O/c1-12(11-15)16-7-9-17(10-8-16)13-5-3-4-6-14(13)18-2/h3-6,12H,7-11,15H2,1-2H3/p+2/t12-/m0/s1. The molecule has 0 radical (unpaired) electrons. The van der Waals surface area contributed by atoms with Gasteiger partial charge in [0.2, 0.25) is 0 Å². The van der Waals surface area contributed by atoms with E-state index in [9.17, 15) is 0 Å². The van der Waals surface area contributed by atoms with Gasteiger partial charge >= 0.3 is 0 Å². The number of ether oxygens (including phenoxy) is 1. The normalized spacial score (nSPS) is 18.7. The molecule has 1 fully saturated rings. The number of para-hydroxylation sites is 2. The van der Waals surface area contributed by atoms with Crippen LogP contribution < -0.4 is 20.3 Å². The summed E-state index contributed by atoms with van der Waals surface area (Å²) in [6.45, 7) is 7.88. The van der Waals surface area contributed by atoms with E-state index in [1.807, 2.05) is 12.1 Å². The third-order valence-corrected chi connectivity index (χ3v) is 3.96. The minimum absolute atomic E-state index is 0.671. The summed E-state index contributed by atoms with van der Waals surface area (Å²) in [6.07, 6.45) is 0. The van der Waals surface area contributed by atoms with Crippen molar-refractivity contribution in [3.05, 3.63) is 24.3 Å². The first-order valence-electron chi connectivity index (χ1n) is 6.78. The van der Waals surface area contributed by atoms with Gasteiger partial charge in [-0.25, -0.2) is 0 Å². The molecule has 1 atom stereocenters. The molecule has 4 N–H and O–H groups in total. The van der Waals surface area contributed by atoms with Gasteiger partial charge in [-0.05, 0) is 19.1 Å². The smallest absolute Gasteiger partial charge is 0.142 e. The van der Waals surface area contributed by atoms with Gasteiger partial charge in [0, 0.05) is 0 Å². The fraction of sp³-hybridized carbons (Fsp3) is 0.571. The van der Waals surface area contributed by atoms with Crippen molar-refractivity contribution < 1.29 is 15.4 Å². The van der Waals surface area contributed by atoms with Gasteiger partial charge in [0.05, 0.1) is 39.0 Å². The molecule has 0 unspecified atom stereocenters. The maximum Gasteiger partial charge on any atom is 0.142 e. The Balaban J connectivity index is 2.01. The molecule has 1 aromatic carbocycles. The number of nitrogens with zero attached hydrogens (tertiary/aromatic N) is 1. The first-order chi connectivity index (χ1) is 8.76. The summed E-state index contributed by atoms with van der Waals surface area (Å²) < 4.78 is 5.44. The lowest BCUT2D eigenvalue weighted by Crippen LogP contribution is -3.19. The second-order valence-corrected chi connectivity index (χ2v) is 5.01. The Morgan fingerprint density at radius 3 is 2.61 bits per heavy atom. The van der Waals surface area contributed by atoms with Crippen molar-refractivity contribution in [2.45, 2.75) is 13.0 Å². The molecule has 0 aromatic heterocycles. The number of piperazine rings is 1. The zero-order valence-electron chi connectivity index (χ0n) is 11.5. The van der Waals surface area contributed by atoms with Gasteiger partial charge in [-0.15, -0.1) is 0 Å². The molecule has 1 aliphatic rings. The lowest BCUT2D eigenvalue weighted by Gasteiger charge is -2.36. The summed E-state index contributed by atoms with van der Waals surface area (Å²) in [6, 6.07) is 8.95. The number of anilines is 1. The molecule has 1 aromatic rings. The van der Waals surface area contributed by atoms with Crippen LogP contribution in [0.3, 0.4) is 0 Å². The minimum atomic E-state index is 0.671. The lowest BCUT2D eigenvalue weighted by molar-refractivity contribution is -0.929. The maximum atomic E-state index is 5.44. The van der Waals surface area contributed by atoms with Crippen molar-refractivity contribution in [2.75, 3.05) is 44.7 Å². The van der Waals surface area contributed by atoms with Crippen molar-refractivity contribution in [1.29, 1.82) is 0 Å². The van der Waals surface area contributed by atoms with Crippen molar-refractivity contribution >= 4 is 5.69 Å². The van der Waals surface area contributed by atoms with Gasteiger partial charge in [-0.2, -0.15) is 0 Å². The molecule has 0 saturated carbocycles. The fourth-order valence-electron chi connectivity index (χ4n) is 2.62. The van der Waals surface area contributed by atoms with E-state index in [-0.39, 0.29) is 0 Å². The van der Waals surface area contributed by atoms with E-state index < -0.39 is 0 Å². The molecule has 2 rings (SSSR count). The monoisotopic (exact) mass is 251 g/mol. The highest BCUT2D eigenvalue weighted by molar-refractivity contribution is 5.58. The number of quaternary nitrogens is 2. The van der Waals surface area contributed by atoms with Gasteiger partial charge in [0.25, 0.3) is 0 Å². The van der Waals surface area contributed by atoms with Gasteiger partial charge in [-0.3, -0.25) is 0 Å². The highest BCUT2D eigenvalue weighted by atomic mass is 16.5. The molecule has 1 aliphatic heterocycles. The van der Waals surface area contributed by atoms with Crippen LogP contribution in [-0.4, -0.2) is 45.9 Å². The van der Waals surface area contributed by atoms with E-state index in [1.54, 1.807) is 12.0 Å². The molecular weight excluding hydrogens is 226 g/mol. The number of rotatable bonds is 4. The summed E-state index contributed by atoms with van der Waals surface area (Å²) in [5.74, 6) is 0.978. The highest BCUT2D eigenvalue weighted by Gasteiger charge is 2.25. The summed E-state index contributed by atoms with van der Waals surface area (Å²) in [4.78, 5) is 4.11. The zero-order chi connectivity index (χ0) is 13.0. The number of hydrogen-bond donors (Lipinski definition) is 2. The quantitative estimate of drug-likeness (QED) is 0.723. The molecule has 100 valence electrons. The van der Waals surface area contributed by atoms with Gasteiger partial charge < -0.3 is 20.3 Å². The van der Waals surface area contributed by atoms with Crippen molar-refractivity contribution in [3.8, 4) is 5.75 Å². The lowest BCUT2D eigenvalue weighted by atomic mass is 10.2. The molecule has 0 bridgehead atoms. The maximum absolute atomic E-state index is 5.44. The average Bonchev–Trinajstić information content (AvgIpc) is 2.46. The third-order valence-electron chi connectivity index (χ3n) is 3.96. The first-order valence-corrected chi connectivity index (χ1v) is 6.78. The van der Waals surface area contributed by atoms with Crippen LogP contribution >= 0.6 is 0 Å². The average molecular weight is 251 g/mol. The van der Waals surface area contributed by atoms with Crippen LogP contribution in [0.5, 0.6) is 5.75 Å². The van der Waals surface area contributed by atoms with Crippen LogP contribution in [0.2, 0.25) is 0 Å². The van der Waals surface area contributed by atoms with Crippen LogP contribution in [0.4, 0.5) is 5.69 Å². The molecule has 4 nitrogen and oxygen atoms in total. The summed E-state index contributed by atoms with van der Waals surface area (Å²) in [5.41, 5.74) is 5.23. The van der Waals surface area contributed by atoms with E-state index >= 15 is 0 Å². The van der Waals surface area contributed by atoms with Gasteiger partial charge in [0.15, 0.2) is 0 Å². The Morgan fingerprint density at radius 1 is 1.33 bits per heavy atom. The highest BCUT2D eigenvalue weighted by Crippen LogP contribution is 2.27. The summed E-state index contributed by atoms with van der Waals surface area (Å²) >= 11 is 0. The molecule has 4 heteroatoms. The molecule has 18 heavy (non-hydrogen) atoms. The van der Waals surface area contributed by atoms with Crippen LogP contribution in [-0.2, 0) is 0 Å². The van der Waals surface area contributed by atoms with Crippen LogP contribution in [0.25, 0.3) is 0 Å². The fourth-order valence-corrected chi connectivity index (χ4v) is 2.62. The molecular formula is C14H25N3O+2. The van der Waals surface area contributed by atoms with Crippen LogP contribution in [0.15, 0.2) is 24.3 Å². The predicted octanol–water partition coefficient (Wildman–Crippen LogP) is -0.969. The minimum Gasteiger partial charge on any atom is -0.495 e. The van der Waals surface area contributed by atoms with Crippen molar-refractivity contribution in [1.82, 2.24) is 0 Å². The van der Waals surface area contributed by atoms with Crippen LogP contribution in [0.1, 0.15) is 6.92 Å². The summed E-state index contributed by atoms with van der Waals surface area (Å²) in [7, 11) is 1.74. The van der Waals surface area contributed by atoms with Gasteiger partial charge in [0.1, 0.15) is 18.3 Å². The van der Waals surface area contributed by atoms with Crippen molar-refractivity contribution in [3.63, 3.8) is 0 Å². The molecule has 1 saturated heterocycles. The second-order valence-electron chi connectivity index (χ2n) is 5.01. The zero-order valence-corrected chi connectivity index (χ0v) is 11.5. The van der Waals surface area contributed by atoms with Gasteiger partial charge in [-0.1, -0.05) is 12.1 Å². The molecule has 0 aliphatic carbocycles. The topological polar surface area (TPSA) is 44.5 Å². The number of hydrogen-bond acceptors (Lipinski definition) is 2. The first kappa shape index (κ1) is 13.2. The Hall–Kier alpha value is -1.26. The van der Waals surface area contributed by atoms with E-state index in [4.69, 9.17) is 4.74 Å². The van der Waals surface area contributed by atoms with E-state index in [0.29, 0.717) is 6.04 Å². The Morgan fingerprint density at radius 2 is 2.00 bits per heavy atom. The summed E-state index contributed by atoms with van der Waals surface area (Å²) in [5, 5.41) is 0. The molecule has 0 amide bonds. The van der Waals surface area contributed by atoms with Crippen LogP contribution in [0, 0.1) is 0 Å². The third kappa shape index (κ3) is 2.76. The molecule has 0 spiro atoms. The Labute approximate surface area is 109 Å². The molecule has 1 heterocycles. The van der Waals surface area contributed by atoms with Crippen molar-refractivity contribution in [2.24, 2.45) is 0 Å². The number of benzene rings is 1. The van der Waals surface area contributed by atoms with E-state index in [2.05, 4.69) is 29.7 Å². The SMILES string of the molecule is COc1ccccc1N1CC[NH+]([C@@H](C)C[NH3+])CC1. The number of methoxy groups -OCH3 is 1. The van der Waals surface area contributed by atoms with E-state index in [0.717, 1.165) is 25.4 Å².